The molecule has 112 valence electrons. The summed E-state index contributed by atoms with van der Waals surface area (Å²) in [6.07, 6.45) is 0. The van der Waals surface area contributed by atoms with Gasteiger partial charge in [0.1, 0.15) is 0 Å². The molecule has 1 heterocycles. The molecule has 21 heavy (non-hydrogen) atoms. The molecule has 2 aromatic rings. The maximum absolute atomic E-state index is 11.5. The van der Waals surface area contributed by atoms with E-state index in [0.717, 1.165) is 22.7 Å². The molecule has 0 aliphatic heterocycles. The number of benzene rings is 1. The maximum Gasteiger partial charge on any atom is 0.351 e. The van der Waals surface area contributed by atoms with Crippen LogP contribution in [0.1, 0.15) is 15.2 Å². The van der Waals surface area contributed by atoms with Gasteiger partial charge in [-0.05, 0) is 24.6 Å². The van der Waals surface area contributed by atoms with E-state index in [4.69, 9.17) is 11.6 Å². The molecule has 5 nitrogen and oxygen atoms in total. The first kappa shape index (κ1) is 15.6. The van der Waals surface area contributed by atoms with Gasteiger partial charge >= 0.3 is 5.97 Å². The zero-order chi connectivity index (χ0) is 15.6. The molecule has 0 saturated heterocycles. The lowest BCUT2D eigenvalue weighted by molar-refractivity contribution is 0.0606. The molecule has 1 aromatic heterocycles. The quantitative estimate of drug-likeness (QED) is 0.869. The van der Waals surface area contributed by atoms with Crippen molar-refractivity contribution < 1.29 is 9.53 Å². The number of anilines is 3. The third-order valence-corrected chi connectivity index (χ3v) is 4.24. The Hall–Kier alpha value is -1.79. The van der Waals surface area contributed by atoms with Crippen molar-refractivity contribution in [2.75, 3.05) is 31.4 Å². The second kappa shape index (κ2) is 6.32. The molecule has 0 radical (unpaired) electrons. The molecule has 0 unspecified atom stereocenters. The number of hydrogen-bond acceptors (Lipinski definition) is 6. The van der Waals surface area contributed by atoms with Crippen molar-refractivity contribution in [3.05, 3.63) is 33.8 Å². The number of esters is 1. The normalized spacial score (nSPS) is 10.3. The Morgan fingerprint density at radius 3 is 2.76 bits per heavy atom. The average molecular weight is 326 g/mol. The third kappa shape index (κ3) is 3.46. The third-order valence-electron chi connectivity index (χ3n) is 2.90. The van der Waals surface area contributed by atoms with Crippen LogP contribution >= 0.6 is 22.9 Å². The number of ether oxygens (including phenoxy) is 1. The highest BCUT2D eigenvalue weighted by Gasteiger charge is 2.17. The molecule has 0 saturated carbocycles. The smallest absolute Gasteiger partial charge is 0.351 e. The Morgan fingerprint density at radius 2 is 2.14 bits per heavy atom. The molecule has 0 bridgehead atoms. The number of methoxy groups -OCH3 is 1. The van der Waals surface area contributed by atoms with Crippen LogP contribution < -0.4 is 10.2 Å². The highest BCUT2D eigenvalue weighted by Crippen LogP contribution is 2.31. The predicted molar refractivity (Wildman–Crippen MR) is 87.3 cm³/mol. The second-order valence-corrected chi connectivity index (χ2v) is 6.01. The lowest BCUT2D eigenvalue weighted by Gasteiger charge is -2.16. The molecule has 7 heteroatoms. The summed E-state index contributed by atoms with van der Waals surface area (Å²) in [5.74, 6) is -0.483. The van der Waals surface area contributed by atoms with Gasteiger partial charge in [0.2, 0.25) is 0 Å². The van der Waals surface area contributed by atoms with E-state index in [-0.39, 0.29) is 5.15 Å². The van der Waals surface area contributed by atoms with E-state index in [0.29, 0.717) is 10.0 Å². The van der Waals surface area contributed by atoms with Crippen molar-refractivity contribution in [2.24, 2.45) is 0 Å². The van der Waals surface area contributed by atoms with Crippen molar-refractivity contribution >= 4 is 45.4 Å². The molecule has 2 rings (SSSR count). The average Bonchev–Trinajstić information content (AvgIpc) is 2.80. The SMILES string of the molecule is COC(=O)c1sc(Nc2ccc(C)c(N(C)C)c2)nc1Cl. The largest absolute Gasteiger partial charge is 0.465 e. The molecule has 1 N–H and O–H groups in total. The Labute approximate surface area is 132 Å². The summed E-state index contributed by atoms with van der Waals surface area (Å²) in [7, 11) is 5.29. The fourth-order valence-electron chi connectivity index (χ4n) is 1.87. The Kier molecular flexibility index (Phi) is 4.69. The number of carbonyl (C=O) groups is 1. The van der Waals surface area contributed by atoms with Gasteiger partial charge in [-0.2, -0.15) is 0 Å². The molecular weight excluding hydrogens is 310 g/mol. The summed E-state index contributed by atoms with van der Waals surface area (Å²) < 4.78 is 4.66. The van der Waals surface area contributed by atoms with Gasteiger partial charge in [-0.3, -0.25) is 0 Å². The number of halogens is 1. The lowest BCUT2D eigenvalue weighted by Crippen LogP contribution is -2.10. The fourth-order valence-corrected chi connectivity index (χ4v) is 2.99. The van der Waals surface area contributed by atoms with E-state index in [9.17, 15) is 4.79 Å². The highest BCUT2D eigenvalue weighted by molar-refractivity contribution is 7.18. The Morgan fingerprint density at radius 1 is 1.43 bits per heavy atom. The molecule has 0 spiro atoms. The van der Waals surface area contributed by atoms with Gasteiger partial charge in [0, 0.05) is 25.5 Å². The number of thiazole rings is 1. The number of rotatable bonds is 4. The zero-order valence-electron chi connectivity index (χ0n) is 12.2. The number of aryl methyl sites for hydroxylation is 1. The van der Waals surface area contributed by atoms with Gasteiger partial charge < -0.3 is 15.0 Å². The number of nitrogens with zero attached hydrogens (tertiary/aromatic N) is 2. The number of hydrogen-bond donors (Lipinski definition) is 1. The molecule has 0 atom stereocenters. The van der Waals surface area contributed by atoms with Crippen LogP contribution in [0.2, 0.25) is 5.15 Å². The van der Waals surface area contributed by atoms with Gasteiger partial charge in [0.25, 0.3) is 0 Å². The van der Waals surface area contributed by atoms with Crippen molar-refractivity contribution in [1.29, 1.82) is 0 Å². The van der Waals surface area contributed by atoms with E-state index in [2.05, 4.69) is 22.0 Å². The minimum atomic E-state index is -0.483. The number of carbonyl (C=O) groups excluding carboxylic acids is 1. The summed E-state index contributed by atoms with van der Waals surface area (Å²) in [6.45, 7) is 2.05. The summed E-state index contributed by atoms with van der Waals surface area (Å²) in [6, 6.07) is 5.99. The van der Waals surface area contributed by atoms with Crippen LogP contribution in [0.15, 0.2) is 18.2 Å². The maximum atomic E-state index is 11.5. The van der Waals surface area contributed by atoms with E-state index < -0.39 is 5.97 Å². The molecule has 0 aliphatic carbocycles. The molecule has 0 fully saturated rings. The number of nitrogens with one attached hydrogen (secondary N) is 1. The first-order valence-electron chi connectivity index (χ1n) is 6.22. The van der Waals surface area contributed by atoms with Crippen molar-refractivity contribution in [3.8, 4) is 0 Å². The van der Waals surface area contributed by atoms with Gasteiger partial charge in [0.05, 0.1) is 7.11 Å². The fraction of sp³-hybridized carbons (Fsp3) is 0.286. The second-order valence-electron chi connectivity index (χ2n) is 4.65. The van der Waals surface area contributed by atoms with E-state index >= 15 is 0 Å². The van der Waals surface area contributed by atoms with Crippen LogP contribution in [0.4, 0.5) is 16.5 Å². The standard InChI is InChI=1S/C14H16ClN3O2S/c1-8-5-6-9(7-10(8)18(2)3)16-14-17-12(15)11(21-14)13(19)20-4/h5-7H,1-4H3,(H,16,17). The Balaban J connectivity index is 2.26. The van der Waals surface area contributed by atoms with Gasteiger partial charge in [0.15, 0.2) is 15.2 Å². The van der Waals surface area contributed by atoms with E-state index in [1.54, 1.807) is 0 Å². The van der Waals surface area contributed by atoms with Crippen molar-refractivity contribution in [2.45, 2.75) is 6.92 Å². The molecule has 1 aromatic carbocycles. The summed E-state index contributed by atoms with van der Waals surface area (Å²) in [4.78, 5) is 18.0. The monoisotopic (exact) mass is 325 g/mol. The molecule has 0 aliphatic rings. The number of aromatic nitrogens is 1. The summed E-state index contributed by atoms with van der Waals surface area (Å²) in [5, 5.41) is 3.85. The van der Waals surface area contributed by atoms with Crippen LogP contribution in [-0.2, 0) is 4.74 Å². The highest BCUT2D eigenvalue weighted by atomic mass is 35.5. The van der Waals surface area contributed by atoms with Gasteiger partial charge in [-0.25, -0.2) is 9.78 Å². The predicted octanol–water partition coefficient (Wildman–Crippen LogP) is 3.70. The van der Waals surface area contributed by atoms with Crippen LogP contribution in [0.5, 0.6) is 0 Å². The lowest BCUT2D eigenvalue weighted by atomic mass is 10.1. The van der Waals surface area contributed by atoms with Crippen molar-refractivity contribution in [1.82, 2.24) is 4.98 Å². The van der Waals surface area contributed by atoms with E-state index in [1.807, 2.05) is 37.2 Å². The Bertz CT molecular complexity index is 670. The van der Waals surface area contributed by atoms with Crippen LogP contribution in [0, 0.1) is 6.92 Å². The van der Waals surface area contributed by atoms with E-state index in [1.165, 1.54) is 12.7 Å². The first-order chi connectivity index (χ1) is 9.92. The topological polar surface area (TPSA) is 54.5 Å². The summed E-state index contributed by atoms with van der Waals surface area (Å²) >= 11 is 7.11. The van der Waals surface area contributed by atoms with Crippen LogP contribution in [-0.4, -0.2) is 32.2 Å². The van der Waals surface area contributed by atoms with Gasteiger partial charge in [-0.15, -0.1) is 0 Å². The van der Waals surface area contributed by atoms with Crippen molar-refractivity contribution in [3.63, 3.8) is 0 Å². The minimum Gasteiger partial charge on any atom is -0.465 e. The molecule has 0 amide bonds. The molecular formula is C14H16ClN3O2S. The van der Waals surface area contributed by atoms with Crippen LogP contribution in [0.3, 0.4) is 0 Å². The minimum absolute atomic E-state index is 0.147. The first-order valence-corrected chi connectivity index (χ1v) is 7.41. The van der Waals surface area contributed by atoms with Crippen LogP contribution in [0.25, 0.3) is 0 Å². The van der Waals surface area contributed by atoms with Gasteiger partial charge in [-0.1, -0.05) is 29.0 Å². The summed E-state index contributed by atoms with van der Waals surface area (Å²) in [5.41, 5.74) is 3.17. The zero-order valence-corrected chi connectivity index (χ0v) is 13.8.